The maximum absolute atomic E-state index is 13.3. The molecular formula is C27H22F2N2OS. The summed E-state index contributed by atoms with van der Waals surface area (Å²) in [6.07, 6.45) is 0.746. The van der Waals surface area contributed by atoms with Gasteiger partial charge in [0.05, 0.1) is 0 Å². The lowest BCUT2D eigenvalue weighted by molar-refractivity contribution is 0.102. The van der Waals surface area contributed by atoms with E-state index in [1.807, 2.05) is 54.6 Å². The Bertz CT molecular complexity index is 1230. The predicted octanol–water partition coefficient (Wildman–Crippen LogP) is 7.02. The molecule has 0 aromatic heterocycles. The monoisotopic (exact) mass is 460 g/mol. The van der Waals surface area contributed by atoms with E-state index in [0.29, 0.717) is 5.69 Å². The summed E-state index contributed by atoms with van der Waals surface area (Å²) in [6.45, 7) is 0.721. The predicted molar refractivity (Wildman–Crippen MR) is 130 cm³/mol. The van der Waals surface area contributed by atoms with Crippen molar-refractivity contribution in [3.05, 3.63) is 120 Å². The Morgan fingerprint density at radius 2 is 1.33 bits per heavy atom. The van der Waals surface area contributed by atoms with Gasteiger partial charge in [-0.05, 0) is 90.8 Å². The topological polar surface area (TPSA) is 41.1 Å². The lowest BCUT2D eigenvalue weighted by atomic mass is 10.1. The second-order valence-electron chi connectivity index (χ2n) is 7.42. The molecule has 0 bridgehead atoms. The summed E-state index contributed by atoms with van der Waals surface area (Å²) in [5.41, 5.74) is 2.89. The molecule has 4 aromatic rings. The van der Waals surface area contributed by atoms with Crippen molar-refractivity contribution >= 4 is 29.0 Å². The van der Waals surface area contributed by atoms with Crippen molar-refractivity contribution in [2.24, 2.45) is 0 Å². The SMILES string of the molecule is O=C(Nc1ccc(Sc2ccc(NCCc3cccc(F)c3)cc2)cc1)c1cccc(F)c1. The van der Waals surface area contributed by atoms with Gasteiger partial charge >= 0.3 is 0 Å². The van der Waals surface area contributed by atoms with Gasteiger partial charge in [-0.2, -0.15) is 0 Å². The van der Waals surface area contributed by atoms with E-state index in [9.17, 15) is 13.6 Å². The van der Waals surface area contributed by atoms with Crippen LogP contribution in [0, 0.1) is 11.6 Å². The minimum Gasteiger partial charge on any atom is -0.385 e. The van der Waals surface area contributed by atoms with Gasteiger partial charge in [-0.15, -0.1) is 0 Å². The number of nitrogens with one attached hydrogen (secondary N) is 2. The van der Waals surface area contributed by atoms with Crippen LogP contribution in [0.5, 0.6) is 0 Å². The highest BCUT2D eigenvalue weighted by atomic mass is 32.2. The maximum Gasteiger partial charge on any atom is 0.255 e. The van der Waals surface area contributed by atoms with Crippen LogP contribution in [0.1, 0.15) is 15.9 Å². The van der Waals surface area contributed by atoms with E-state index in [4.69, 9.17) is 0 Å². The highest BCUT2D eigenvalue weighted by Crippen LogP contribution is 2.29. The molecule has 166 valence electrons. The molecule has 0 radical (unpaired) electrons. The first-order valence-electron chi connectivity index (χ1n) is 10.5. The Morgan fingerprint density at radius 3 is 1.97 bits per heavy atom. The molecule has 2 N–H and O–H groups in total. The molecule has 0 aliphatic carbocycles. The Labute approximate surface area is 195 Å². The number of amides is 1. The molecule has 4 aromatic carbocycles. The zero-order valence-electron chi connectivity index (χ0n) is 17.7. The minimum absolute atomic E-state index is 0.212. The highest BCUT2D eigenvalue weighted by molar-refractivity contribution is 7.99. The largest absolute Gasteiger partial charge is 0.385 e. The summed E-state index contributed by atoms with van der Waals surface area (Å²) < 4.78 is 26.5. The average molecular weight is 461 g/mol. The lowest BCUT2D eigenvalue weighted by Gasteiger charge is -2.09. The number of carbonyl (C=O) groups excluding carboxylic acids is 1. The van der Waals surface area contributed by atoms with Crippen LogP contribution < -0.4 is 10.6 Å². The van der Waals surface area contributed by atoms with Gasteiger partial charge in [-0.1, -0.05) is 30.0 Å². The van der Waals surface area contributed by atoms with E-state index < -0.39 is 5.82 Å². The number of hydrogen-bond donors (Lipinski definition) is 2. The molecular weight excluding hydrogens is 438 g/mol. The third kappa shape index (κ3) is 6.67. The fourth-order valence-corrected chi connectivity index (χ4v) is 4.08. The van der Waals surface area contributed by atoms with Gasteiger partial charge in [0.25, 0.3) is 5.91 Å². The number of halogens is 2. The Hall–Kier alpha value is -3.64. The van der Waals surface area contributed by atoms with Crippen LogP contribution in [0.25, 0.3) is 0 Å². The first kappa shape index (κ1) is 22.6. The van der Waals surface area contributed by atoms with Crippen molar-refractivity contribution in [3.8, 4) is 0 Å². The minimum atomic E-state index is -0.442. The van der Waals surface area contributed by atoms with E-state index in [-0.39, 0.29) is 17.3 Å². The van der Waals surface area contributed by atoms with Crippen LogP contribution in [0.3, 0.4) is 0 Å². The van der Waals surface area contributed by atoms with Crippen molar-refractivity contribution in [1.82, 2.24) is 0 Å². The van der Waals surface area contributed by atoms with Crippen molar-refractivity contribution in [1.29, 1.82) is 0 Å². The van der Waals surface area contributed by atoms with Crippen LogP contribution in [-0.4, -0.2) is 12.5 Å². The molecule has 6 heteroatoms. The van der Waals surface area contributed by atoms with Gasteiger partial charge < -0.3 is 10.6 Å². The molecule has 0 atom stereocenters. The van der Waals surface area contributed by atoms with Gasteiger partial charge in [0.15, 0.2) is 0 Å². The lowest BCUT2D eigenvalue weighted by Crippen LogP contribution is -2.11. The summed E-state index contributed by atoms with van der Waals surface area (Å²) >= 11 is 1.61. The Balaban J connectivity index is 1.27. The number of hydrogen-bond acceptors (Lipinski definition) is 3. The van der Waals surface area contributed by atoms with Crippen molar-refractivity contribution in [3.63, 3.8) is 0 Å². The molecule has 0 fully saturated rings. The molecule has 33 heavy (non-hydrogen) atoms. The van der Waals surface area contributed by atoms with Crippen molar-refractivity contribution in [2.75, 3.05) is 17.2 Å². The van der Waals surface area contributed by atoms with E-state index in [1.165, 1.54) is 24.3 Å². The van der Waals surface area contributed by atoms with E-state index in [0.717, 1.165) is 34.0 Å². The number of anilines is 2. The molecule has 1 amide bonds. The van der Waals surface area contributed by atoms with Crippen LogP contribution in [0.2, 0.25) is 0 Å². The Kier molecular flexibility index (Phi) is 7.37. The zero-order chi connectivity index (χ0) is 23.0. The molecule has 0 heterocycles. The average Bonchev–Trinajstić information content (AvgIpc) is 2.81. The van der Waals surface area contributed by atoms with Crippen molar-refractivity contribution < 1.29 is 13.6 Å². The smallest absolute Gasteiger partial charge is 0.255 e. The van der Waals surface area contributed by atoms with Gasteiger partial charge in [0.1, 0.15) is 11.6 Å². The first-order valence-corrected chi connectivity index (χ1v) is 11.3. The Morgan fingerprint density at radius 1 is 0.727 bits per heavy atom. The molecule has 3 nitrogen and oxygen atoms in total. The van der Waals surface area contributed by atoms with Crippen LogP contribution in [-0.2, 0) is 6.42 Å². The molecule has 0 saturated carbocycles. The summed E-state index contributed by atoms with van der Waals surface area (Å²) in [6, 6.07) is 27.8. The number of rotatable bonds is 8. The highest BCUT2D eigenvalue weighted by Gasteiger charge is 2.07. The molecule has 0 saturated heterocycles. The summed E-state index contributed by atoms with van der Waals surface area (Å²) in [5, 5.41) is 6.13. The van der Waals surface area contributed by atoms with Gasteiger partial charge in [0.2, 0.25) is 0 Å². The quantitative estimate of drug-likeness (QED) is 0.297. The third-order valence-electron chi connectivity index (χ3n) is 4.92. The summed E-state index contributed by atoms with van der Waals surface area (Å²) in [7, 11) is 0. The third-order valence-corrected chi connectivity index (χ3v) is 5.94. The fraction of sp³-hybridized carbons (Fsp3) is 0.0741. The number of carbonyl (C=O) groups is 1. The molecule has 0 aliphatic rings. The van der Waals surface area contributed by atoms with Crippen LogP contribution >= 0.6 is 11.8 Å². The van der Waals surface area contributed by atoms with E-state index in [2.05, 4.69) is 10.6 Å². The standard InChI is InChI=1S/C27H22F2N2OS/c28-21-5-1-3-19(17-21)15-16-30-23-7-11-25(12-8-23)33-26-13-9-24(10-14-26)31-27(32)20-4-2-6-22(29)18-20/h1-14,17-18,30H,15-16H2,(H,31,32). The molecule has 0 aliphatic heterocycles. The second-order valence-corrected chi connectivity index (χ2v) is 8.57. The van der Waals surface area contributed by atoms with Gasteiger partial charge in [-0.25, -0.2) is 8.78 Å². The second kappa shape index (κ2) is 10.8. The zero-order valence-corrected chi connectivity index (χ0v) is 18.5. The number of benzene rings is 4. The van der Waals surface area contributed by atoms with E-state index >= 15 is 0 Å². The van der Waals surface area contributed by atoms with Crippen molar-refractivity contribution in [2.45, 2.75) is 16.2 Å². The van der Waals surface area contributed by atoms with Gasteiger partial charge in [0, 0.05) is 33.3 Å². The fourth-order valence-electron chi connectivity index (χ4n) is 3.26. The summed E-state index contributed by atoms with van der Waals surface area (Å²) in [4.78, 5) is 14.4. The molecule has 0 spiro atoms. The molecule has 0 unspecified atom stereocenters. The van der Waals surface area contributed by atoms with Crippen LogP contribution in [0.4, 0.5) is 20.2 Å². The first-order chi connectivity index (χ1) is 16.0. The molecule has 4 rings (SSSR count). The van der Waals surface area contributed by atoms with Gasteiger partial charge in [-0.3, -0.25) is 4.79 Å². The normalized spacial score (nSPS) is 10.6. The van der Waals surface area contributed by atoms with Crippen LogP contribution in [0.15, 0.2) is 107 Å². The summed E-state index contributed by atoms with van der Waals surface area (Å²) in [5.74, 6) is -1.01. The van der Waals surface area contributed by atoms with E-state index in [1.54, 1.807) is 30.0 Å². The maximum atomic E-state index is 13.3.